The van der Waals surface area contributed by atoms with E-state index in [1.165, 1.54) is 27.4 Å². The SMILES string of the molecule is [AlH2][CH2]c1ccc2ccccc2n1. The second-order valence-electron chi connectivity index (χ2n) is 2.85. The molecule has 0 amide bonds. The smallest absolute Gasteiger partial charge is 0.220 e. The molecule has 1 nitrogen and oxygen atoms in total. The first kappa shape index (κ1) is 7.79. The van der Waals surface area contributed by atoms with Crippen LogP contribution >= 0.6 is 0 Å². The third-order valence-corrected chi connectivity index (χ3v) is 2.74. The second kappa shape index (κ2) is 3.27. The van der Waals surface area contributed by atoms with Gasteiger partial charge in [-0.3, -0.25) is 4.98 Å². The molecular weight excluding hydrogens is 161 g/mol. The van der Waals surface area contributed by atoms with Crippen molar-refractivity contribution < 1.29 is 0 Å². The van der Waals surface area contributed by atoms with Gasteiger partial charge in [-0.25, -0.2) is 0 Å². The number of nitrogens with zero attached hydrogens (tertiary/aromatic N) is 1. The van der Waals surface area contributed by atoms with Crippen LogP contribution in [0.3, 0.4) is 0 Å². The van der Waals surface area contributed by atoms with Crippen molar-refractivity contribution >= 4 is 27.2 Å². The first-order chi connectivity index (χ1) is 5.90. The zero-order valence-corrected chi connectivity index (χ0v) is 9.12. The molecular formula is C10H10AlN. The Morgan fingerprint density at radius 1 is 1.08 bits per heavy atom. The van der Waals surface area contributed by atoms with E-state index < -0.39 is 0 Å². The topological polar surface area (TPSA) is 12.9 Å². The van der Waals surface area contributed by atoms with Gasteiger partial charge in [0.05, 0.1) is 5.52 Å². The summed E-state index contributed by atoms with van der Waals surface area (Å²) in [5.74, 6) is 0. The molecule has 0 atom stereocenters. The summed E-state index contributed by atoms with van der Waals surface area (Å²) in [7, 11) is 0. The van der Waals surface area contributed by atoms with Crippen molar-refractivity contribution in [2.24, 2.45) is 0 Å². The number of aromatic nitrogens is 1. The molecule has 1 heterocycles. The van der Waals surface area contributed by atoms with Crippen molar-refractivity contribution in [3.8, 4) is 0 Å². The van der Waals surface area contributed by atoms with E-state index in [0.29, 0.717) is 0 Å². The molecule has 0 saturated carbocycles. The van der Waals surface area contributed by atoms with Gasteiger partial charge in [-0.2, -0.15) is 0 Å². The summed E-state index contributed by atoms with van der Waals surface area (Å²) in [6, 6.07) is 12.5. The molecule has 58 valence electrons. The average molecular weight is 171 g/mol. The number of benzene rings is 1. The van der Waals surface area contributed by atoms with Crippen LogP contribution in [0.25, 0.3) is 10.9 Å². The Kier molecular flexibility index (Phi) is 2.12. The van der Waals surface area contributed by atoms with E-state index in [2.05, 4.69) is 29.2 Å². The predicted molar refractivity (Wildman–Crippen MR) is 54.0 cm³/mol. The maximum absolute atomic E-state index is 4.53. The molecule has 2 heteroatoms. The Bertz CT molecular complexity index is 398. The van der Waals surface area contributed by atoms with E-state index in [4.69, 9.17) is 0 Å². The maximum atomic E-state index is 4.53. The number of hydrogen-bond acceptors (Lipinski definition) is 1. The van der Waals surface area contributed by atoms with Gasteiger partial charge in [0.2, 0.25) is 16.3 Å². The lowest BCUT2D eigenvalue weighted by Gasteiger charge is -1.98. The second-order valence-corrected chi connectivity index (χ2v) is 3.56. The summed E-state index contributed by atoms with van der Waals surface area (Å²) in [6.45, 7) is 0. The summed E-state index contributed by atoms with van der Waals surface area (Å²) in [4.78, 5) is 4.53. The Balaban J connectivity index is 2.67. The van der Waals surface area contributed by atoms with Crippen molar-refractivity contribution in [2.75, 3.05) is 0 Å². The van der Waals surface area contributed by atoms with Crippen molar-refractivity contribution in [2.45, 2.75) is 5.28 Å². The molecule has 0 saturated heterocycles. The Hall–Kier alpha value is -0.838. The minimum Gasteiger partial charge on any atom is -0.254 e. The van der Waals surface area contributed by atoms with Crippen LogP contribution in [-0.4, -0.2) is 21.3 Å². The highest BCUT2D eigenvalue weighted by Gasteiger charge is 1.93. The highest BCUT2D eigenvalue weighted by molar-refractivity contribution is 6.08. The third-order valence-electron chi connectivity index (χ3n) is 2.02. The normalized spacial score (nSPS) is 10.3. The number of para-hydroxylation sites is 1. The quantitative estimate of drug-likeness (QED) is 0.590. The number of fused-ring (bicyclic) bond motifs is 1. The maximum Gasteiger partial charge on any atom is 0.220 e. The van der Waals surface area contributed by atoms with Crippen LogP contribution in [0.1, 0.15) is 5.69 Å². The summed E-state index contributed by atoms with van der Waals surface area (Å²) >= 11 is 1.19. The summed E-state index contributed by atoms with van der Waals surface area (Å²) in [5, 5.41) is 2.38. The summed E-state index contributed by atoms with van der Waals surface area (Å²) in [6.07, 6.45) is 0. The van der Waals surface area contributed by atoms with E-state index in [9.17, 15) is 0 Å². The van der Waals surface area contributed by atoms with E-state index >= 15 is 0 Å². The fraction of sp³-hybridized carbons (Fsp3) is 0.100. The van der Waals surface area contributed by atoms with Crippen LogP contribution in [0.4, 0.5) is 0 Å². The Morgan fingerprint density at radius 2 is 1.92 bits per heavy atom. The van der Waals surface area contributed by atoms with Gasteiger partial charge < -0.3 is 0 Å². The molecule has 2 aromatic rings. The molecule has 2 rings (SSSR count). The zero-order chi connectivity index (χ0) is 8.39. The molecule has 0 aliphatic heterocycles. The molecule has 0 unspecified atom stereocenters. The fourth-order valence-corrected chi connectivity index (χ4v) is 1.70. The molecule has 12 heavy (non-hydrogen) atoms. The van der Waals surface area contributed by atoms with Crippen molar-refractivity contribution in [1.29, 1.82) is 0 Å². The molecule has 0 bridgehead atoms. The zero-order valence-electron chi connectivity index (χ0n) is 7.12. The van der Waals surface area contributed by atoms with Crippen LogP contribution < -0.4 is 0 Å². The standard InChI is InChI=1S/C10H8N.Al.2H/c1-8-6-7-9-4-2-3-5-10(9)11-8;;;/h2-7H,1H2;;;. The molecule has 0 aliphatic carbocycles. The van der Waals surface area contributed by atoms with Gasteiger partial charge in [0.1, 0.15) is 0 Å². The minimum absolute atomic E-state index is 1.12. The summed E-state index contributed by atoms with van der Waals surface area (Å²) in [5.41, 5.74) is 2.34. The highest BCUT2D eigenvalue weighted by atomic mass is 27.0. The van der Waals surface area contributed by atoms with Crippen LogP contribution in [0, 0.1) is 0 Å². The van der Waals surface area contributed by atoms with Gasteiger partial charge >= 0.3 is 0 Å². The lowest BCUT2D eigenvalue weighted by atomic mass is 10.2. The number of pyridine rings is 1. The lowest BCUT2D eigenvalue weighted by Crippen LogP contribution is -1.88. The highest BCUT2D eigenvalue weighted by Crippen LogP contribution is 2.11. The van der Waals surface area contributed by atoms with Crippen LogP contribution in [0.15, 0.2) is 36.4 Å². The van der Waals surface area contributed by atoms with Gasteiger partial charge in [0.15, 0.2) is 0 Å². The van der Waals surface area contributed by atoms with E-state index in [-0.39, 0.29) is 0 Å². The molecule has 1 aromatic carbocycles. The molecule has 0 fully saturated rings. The Morgan fingerprint density at radius 3 is 2.75 bits per heavy atom. The lowest BCUT2D eigenvalue weighted by molar-refractivity contribution is 1.22. The monoisotopic (exact) mass is 171 g/mol. The van der Waals surface area contributed by atoms with E-state index in [1.54, 1.807) is 0 Å². The number of hydrogen-bond donors (Lipinski definition) is 0. The van der Waals surface area contributed by atoms with Crippen LogP contribution in [-0.2, 0) is 5.28 Å². The van der Waals surface area contributed by atoms with Gasteiger partial charge in [0.25, 0.3) is 0 Å². The van der Waals surface area contributed by atoms with Crippen molar-refractivity contribution in [3.05, 3.63) is 42.1 Å². The van der Waals surface area contributed by atoms with Crippen molar-refractivity contribution in [1.82, 2.24) is 4.98 Å². The van der Waals surface area contributed by atoms with E-state index in [0.717, 1.165) is 10.8 Å². The average Bonchev–Trinajstić information content (AvgIpc) is 2.17. The number of rotatable bonds is 1. The molecule has 0 radical (unpaired) electrons. The first-order valence-electron chi connectivity index (χ1n) is 4.25. The van der Waals surface area contributed by atoms with Crippen LogP contribution in [0.5, 0.6) is 0 Å². The molecule has 1 aromatic heterocycles. The van der Waals surface area contributed by atoms with Crippen molar-refractivity contribution in [3.63, 3.8) is 0 Å². The van der Waals surface area contributed by atoms with E-state index in [1.807, 2.05) is 12.1 Å². The largest absolute Gasteiger partial charge is 0.254 e. The first-order valence-corrected chi connectivity index (χ1v) is 5.66. The molecule has 0 spiro atoms. The van der Waals surface area contributed by atoms with Gasteiger partial charge in [0, 0.05) is 11.1 Å². The van der Waals surface area contributed by atoms with Gasteiger partial charge in [-0.05, 0) is 12.1 Å². The fourth-order valence-electron chi connectivity index (χ4n) is 1.31. The minimum atomic E-state index is 1.12. The third kappa shape index (κ3) is 1.36. The predicted octanol–water partition coefficient (Wildman–Crippen LogP) is 1.37. The molecule has 0 aliphatic rings. The van der Waals surface area contributed by atoms with Gasteiger partial charge in [-0.15, -0.1) is 0 Å². The van der Waals surface area contributed by atoms with Crippen LogP contribution in [0.2, 0.25) is 0 Å². The summed E-state index contributed by atoms with van der Waals surface area (Å²) < 4.78 is 0. The van der Waals surface area contributed by atoms with Gasteiger partial charge in [-0.1, -0.05) is 29.5 Å². The molecule has 0 N–H and O–H groups in total. The Labute approximate surface area is 79.9 Å².